The van der Waals surface area contributed by atoms with E-state index in [4.69, 9.17) is 9.47 Å². The molecule has 1 heterocycles. The molecule has 0 spiro atoms. The minimum absolute atomic E-state index is 0.0350. The molecule has 23 heavy (non-hydrogen) atoms. The molecule has 5 heteroatoms. The van der Waals surface area contributed by atoms with E-state index in [1.54, 1.807) is 0 Å². The summed E-state index contributed by atoms with van der Waals surface area (Å²) in [7, 11) is 0. The van der Waals surface area contributed by atoms with Crippen LogP contribution in [0.5, 0.6) is 0 Å². The average molecular weight is 320 g/mol. The summed E-state index contributed by atoms with van der Waals surface area (Å²) in [5.41, 5.74) is 2.21. The molecule has 1 aliphatic heterocycles. The number of benzene rings is 1. The Morgan fingerprint density at radius 2 is 2.04 bits per heavy atom. The number of carbonyl (C=O) groups is 1. The topological polar surface area (TPSA) is 50.8 Å². The molecule has 0 saturated carbocycles. The van der Waals surface area contributed by atoms with Gasteiger partial charge in [0, 0.05) is 13.1 Å². The van der Waals surface area contributed by atoms with Gasteiger partial charge in [-0.1, -0.05) is 24.3 Å². The van der Waals surface area contributed by atoms with Crippen molar-refractivity contribution in [3.05, 3.63) is 35.4 Å². The largest absolute Gasteiger partial charge is 0.375 e. The van der Waals surface area contributed by atoms with E-state index in [0.717, 1.165) is 11.1 Å². The summed E-state index contributed by atoms with van der Waals surface area (Å²) in [5.74, 6) is 0. The monoisotopic (exact) mass is 320 g/mol. The highest BCUT2D eigenvalue weighted by Gasteiger charge is 2.28. The predicted octanol–water partition coefficient (Wildman–Crippen LogP) is 2.93. The number of nitrogens with zero attached hydrogens (tertiary/aromatic N) is 1. The highest BCUT2D eigenvalue weighted by molar-refractivity contribution is 5.74. The molecule has 1 aliphatic rings. The average Bonchev–Trinajstić information content (AvgIpc) is 2.54. The summed E-state index contributed by atoms with van der Waals surface area (Å²) < 4.78 is 11.3. The molecule has 1 aromatic carbocycles. The number of nitrogens with one attached hydrogen (secondary N) is 1. The Bertz CT molecular complexity index is 519. The molecule has 0 aliphatic carbocycles. The van der Waals surface area contributed by atoms with Crippen LogP contribution in [-0.4, -0.2) is 42.3 Å². The normalized spacial score (nSPS) is 21.5. The van der Waals surface area contributed by atoms with Gasteiger partial charge < -0.3 is 19.7 Å². The Hall–Kier alpha value is -1.59. The summed E-state index contributed by atoms with van der Waals surface area (Å²) in [6.45, 7) is 10.4. The van der Waals surface area contributed by atoms with Crippen molar-refractivity contribution in [3.63, 3.8) is 0 Å². The molecule has 2 amide bonds. The molecule has 1 fully saturated rings. The second kappa shape index (κ2) is 8.31. The van der Waals surface area contributed by atoms with Crippen LogP contribution in [0.1, 0.15) is 38.8 Å². The second-order valence-electron chi connectivity index (χ2n) is 6.30. The quantitative estimate of drug-likeness (QED) is 0.907. The number of rotatable bonds is 5. The molecule has 0 radical (unpaired) electrons. The van der Waals surface area contributed by atoms with E-state index in [1.165, 1.54) is 0 Å². The van der Waals surface area contributed by atoms with E-state index in [1.807, 2.05) is 56.9 Å². The lowest BCUT2D eigenvalue weighted by molar-refractivity contribution is -0.0376. The smallest absolute Gasteiger partial charge is 0.318 e. The molecular formula is C18H28N2O3. The highest BCUT2D eigenvalue weighted by atomic mass is 16.5. The first kappa shape index (κ1) is 17.8. The first-order valence-corrected chi connectivity index (χ1v) is 8.33. The van der Waals surface area contributed by atoms with Crippen LogP contribution in [-0.2, 0) is 22.6 Å². The molecule has 0 bridgehead atoms. The van der Waals surface area contributed by atoms with Gasteiger partial charge in [-0.25, -0.2) is 4.79 Å². The molecule has 2 atom stereocenters. The van der Waals surface area contributed by atoms with Gasteiger partial charge in [-0.2, -0.15) is 0 Å². The summed E-state index contributed by atoms with van der Waals surface area (Å²) in [5, 5.41) is 3.02. The molecule has 1 aromatic rings. The van der Waals surface area contributed by atoms with E-state index in [9.17, 15) is 4.79 Å². The van der Waals surface area contributed by atoms with Gasteiger partial charge in [-0.3, -0.25) is 0 Å². The molecular weight excluding hydrogens is 292 g/mol. The Morgan fingerprint density at radius 1 is 1.35 bits per heavy atom. The van der Waals surface area contributed by atoms with Gasteiger partial charge in [0.1, 0.15) is 0 Å². The molecule has 0 aromatic heterocycles. The zero-order valence-electron chi connectivity index (χ0n) is 14.5. The van der Waals surface area contributed by atoms with Crippen LogP contribution in [0.3, 0.4) is 0 Å². The van der Waals surface area contributed by atoms with Crippen LogP contribution < -0.4 is 5.32 Å². The third-order valence-corrected chi connectivity index (χ3v) is 4.27. The number of carbonyl (C=O) groups excluding carboxylic acids is 1. The van der Waals surface area contributed by atoms with Gasteiger partial charge >= 0.3 is 6.03 Å². The lowest BCUT2D eigenvalue weighted by Gasteiger charge is -2.37. The summed E-state index contributed by atoms with van der Waals surface area (Å²) >= 11 is 0. The Kier molecular flexibility index (Phi) is 6.42. The minimum atomic E-state index is -0.0350. The summed E-state index contributed by atoms with van der Waals surface area (Å²) in [6.07, 6.45) is 0.259. The summed E-state index contributed by atoms with van der Waals surface area (Å²) in [4.78, 5) is 14.3. The lowest BCUT2D eigenvalue weighted by atomic mass is 10.1. The van der Waals surface area contributed by atoms with Crippen molar-refractivity contribution in [1.29, 1.82) is 0 Å². The number of amides is 2. The fraction of sp³-hybridized carbons (Fsp3) is 0.611. The number of hydrogen-bond donors (Lipinski definition) is 1. The maximum absolute atomic E-state index is 12.4. The lowest BCUT2D eigenvalue weighted by Crippen LogP contribution is -2.54. The van der Waals surface area contributed by atoms with Gasteiger partial charge in [0.2, 0.25) is 0 Å². The zero-order chi connectivity index (χ0) is 16.8. The molecule has 5 nitrogen and oxygen atoms in total. The Balaban J connectivity index is 1.93. The van der Waals surface area contributed by atoms with E-state index in [2.05, 4.69) is 5.32 Å². The number of urea groups is 1. The number of morpholine rings is 1. The zero-order valence-corrected chi connectivity index (χ0v) is 14.5. The third-order valence-electron chi connectivity index (χ3n) is 4.27. The van der Waals surface area contributed by atoms with Gasteiger partial charge in [0.25, 0.3) is 0 Å². The predicted molar refractivity (Wildman–Crippen MR) is 90.2 cm³/mol. The van der Waals surface area contributed by atoms with Gasteiger partial charge in [-0.05, 0) is 38.8 Å². The van der Waals surface area contributed by atoms with Crippen LogP contribution >= 0.6 is 0 Å². The first-order valence-electron chi connectivity index (χ1n) is 8.33. The summed E-state index contributed by atoms with van der Waals surface area (Å²) in [6, 6.07) is 8.11. The van der Waals surface area contributed by atoms with Gasteiger partial charge in [0.15, 0.2) is 0 Å². The van der Waals surface area contributed by atoms with Gasteiger partial charge in [0.05, 0.1) is 31.5 Å². The van der Waals surface area contributed by atoms with Crippen molar-refractivity contribution >= 4 is 6.03 Å². The molecule has 2 rings (SSSR count). The van der Waals surface area contributed by atoms with Gasteiger partial charge in [-0.15, -0.1) is 0 Å². The van der Waals surface area contributed by atoms with Crippen molar-refractivity contribution in [2.45, 2.75) is 59.1 Å². The number of ether oxygens (including phenoxy) is 2. The highest BCUT2D eigenvalue weighted by Crippen LogP contribution is 2.15. The van der Waals surface area contributed by atoms with E-state index in [0.29, 0.717) is 26.3 Å². The van der Waals surface area contributed by atoms with Crippen molar-refractivity contribution in [2.24, 2.45) is 0 Å². The van der Waals surface area contributed by atoms with Crippen LogP contribution in [0, 0.1) is 0 Å². The van der Waals surface area contributed by atoms with Crippen molar-refractivity contribution in [1.82, 2.24) is 10.2 Å². The first-order chi connectivity index (χ1) is 11.0. The number of hydrogen-bond acceptors (Lipinski definition) is 3. The van der Waals surface area contributed by atoms with E-state index in [-0.39, 0.29) is 24.3 Å². The fourth-order valence-electron chi connectivity index (χ4n) is 2.62. The fourth-order valence-corrected chi connectivity index (χ4v) is 2.62. The second-order valence-corrected chi connectivity index (χ2v) is 6.30. The third kappa shape index (κ3) is 4.94. The van der Waals surface area contributed by atoms with Crippen molar-refractivity contribution in [2.75, 3.05) is 13.2 Å². The Morgan fingerprint density at radius 3 is 2.74 bits per heavy atom. The molecule has 0 unspecified atom stereocenters. The SMILES string of the molecule is CC(C)OCc1ccccc1CNC(=O)N1CCO[C@H](C)[C@@H]1C. The molecule has 128 valence electrons. The van der Waals surface area contributed by atoms with Crippen molar-refractivity contribution < 1.29 is 14.3 Å². The molecule has 1 saturated heterocycles. The van der Waals surface area contributed by atoms with Crippen molar-refractivity contribution in [3.8, 4) is 0 Å². The minimum Gasteiger partial charge on any atom is -0.375 e. The van der Waals surface area contributed by atoms with E-state index < -0.39 is 0 Å². The van der Waals surface area contributed by atoms with E-state index >= 15 is 0 Å². The standard InChI is InChI=1S/C18H28N2O3/c1-13(2)23-12-17-8-6-5-7-16(17)11-19-18(21)20-9-10-22-15(4)14(20)3/h5-8,13-15H,9-12H2,1-4H3,(H,19,21)/t14-,15+/m0/s1. The van der Waals surface area contributed by atoms with Crippen LogP contribution in [0.4, 0.5) is 4.79 Å². The maximum atomic E-state index is 12.4. The maximum Gasteiger partial charge on any atom is 0.318 e. The van der Waals surface area contributed by atoms with Crippen LogP contribution in [0.15, 0.2) is 24.3 Å². The Labute approximate surface area is 139 Å². The van der Waals surface area contributed by atoms with Crippen LogP contribution in [0.2, 0.25) is 0 Å². The van der Waals surface area contributed by atoms with Crippen LogP contribution in [0.25, 0.3) is 0 Å². The molecule has 1 N–H and O–H groups in total.